The molecule has 0 aliphatic carbocycles. The second-order valence-corrected chi connectivity index (χ2v) is 7.45. The Kier molecular flexibility index (Phi) is 11.5. The number of nitrogens with one attached hydrogen (secondary N) is 3. The van der Waals surface area contributed by atoms with Crippen molar-refractivity contribution in [1.29, 1.82) is 0 Å². The lowest BCUT2D eigenvalue weighted by atomic mass is 9.99. The van der Waals surface area contributed by atoms with E-state index in [1.165, 1.54) is 0 Å². The highest BCUT2D eigenvalue weighted by Crippen LogP contribution is 2.07. The number of hydrogen-bond acceptors (Lipinski definition) is 6. The fraction of sp³-hybridized carbons (Fsp3) is 0.722. The van der Waals surface area contributed by atoms with Crippen molar-refractivity contribution in [3.8, 4) is 0 Å². The van der Waals surface area contributed by atoms with Gasteiger partial charge in [0, 0.05) is 0 Å². The molecule has 0 aromatic carbocycles. The highest BCUT2D eigenvalue weighted by Gasteiger charge is 2.28. The van der Waals surface area contributed by atoms with E-state index < -0.39 is 60.7 Å². The number of aliphatic carboxylic acids is 1. The second kappa shape index (κ2) is 12.7. The van der Waals surface area contributed by atoms with Crippen LogP contribution in [0.1, 0.15) is 47.0 Å². The van der Waals surface area contributed by atoms with Gasteiger partial charge in [0.2, 0.25) is 23.6 Å². The van der Waals surface area contributed by atoms with Crippen LogP contribution in [0, 0.1) is 11.8 Å². The molecule has 4 atom stereocenters. The van der Waals surface area contributed by atoms with Gasteiger partial charge in [-0.3, -0.25) is 19.2 Å². The summed E-state index contributed by atoms with van der Waals surface area (Å²) in [6.45, 7) is 6.70. The van der Waals surface area contributed by atoms with E-state index in [0.717, 1.165) is 0 Å². The molecule has 0 fully saturated rings. The minimum absolute atomic E-state index is 0.149. The molecule has 8 N–H and O–H groups in total. The van der Waals surface area contributed by atoms with Crippen LogP contribution in [0.4, 0.5) is 0 Å². The molecule has 0 aliphatic heterocycles. The van der Waals surface area contributed by atoms with Crippen molar-refractivity contribution in [1.82, 2.24) is 16.0 Å². The third-order valence-electron chi connectivity index (χ3n) is 4.32. The molecular weight excluding hydrogens is 382 g/mol. The molecule has 11 nitrogen and oxygen atoms in total. The molecule has 0 heterocycles. The zero-order valence-corrected chi connectivity index (χ0v) is 17.4. The average Bonchev–Trinajstić information content (AvgIpc) is 2.61. The standard InChI is InChI=1S/C18H33N5O6/c1-5-10(4)15(18(28)29)23-14(25)8-21-17(27)12(7-13(20)24)22-16(26)11(19)6-9(2)3/h9-12,15H,5-8,19H2,1-4H3,(H2,20,24)(H,21,27)(H,22,26)(H,23,25)(H,28,29). The van der Waals surface area contributed by atoms with E-state index >= 15 is 0 Å². The predicted octanol–water partition coefficient (Wildman–Crippen LogP) is -1.55. The Morgan fingerprint density at radius 3 is 2.03 bits per heavy atom. The van der Waals surface area contributed by atoms with E-state index in [0.29, 0.717) is 12.8 Å². The van der Waals surface area contributed by atoms with Crippen molar-refractivity contribution in [2.45, 2.75) is 65.1 Å². The van der Waals surface area contributed by atoms with Crippen LogP contribution in [0.3, 0.4) is 0 Å². The summed E-state index contributed by atoms with van der Waals surface area (Å²) < 4.78 is 0. The Hall–Kier alpha value is -2.69. The number of carboxylic acid groups (broad SMARTS) is 1. The van der Waals surface area contributed by atoms with Crippen LogP contribution in [0.2, 0.25) is 0 Å². The number of carbonyl (C=O) groups excluding carboxylic acids is 4. The van der Waals surface area contributed by atoms with Crippen molar-refractivity contribution in [3.05, 3.63) is 0 Å². The summed E-state index contributed by atoms with van der Waals surface area (Å²) in [4.78, 5) is 58.9. The molecule has 0 saturated carbocycles. The monoisotopic (exact) mass is 415 g/mol. The maximum absolute atomic E-state index is 12.3. The highest BCUT2D eigenvalue weighted by molar-refractivity contribution is 5.95. The van der Waals surface area contributed by atoms with Crippen molar-refractivity contribution in [2.75, 3.05) is 6.54 Å². The van der Waals surface area contributed by atoms with E-state index in [1.54, 1.807) is 13.8 Å². The van der Waals surface area contributed by atoms with Gasteiger partial charge < -0.3 is 32.5 Å². The molecule has 0 saturated heterocycles. The molecule has 0 rings (SSSR count). The van der Waals surface area contributed by atoms with Crippen molar-refractivity contribution < 1.29 is 29.1 Å². The molecule has 166 valence electrons. The van der Waals surface area contributed by atoms with E-state index in [1.807, 2.05) is 13.8 Å². The predicted molar refractivity (Wildman–Crippen MR) is 105 cm³/mol. The quantitative estimate of drug-likeness (QED) is 0.209. The van der Waals surface area contributed by atoms with Gasteiger partial charge in [-0.05, 0) is 18.3 Å². The van der Waals surface area contributed by atoms with Crippen LogP contribution in [0.5, 0.6) is 0 Å². The number of nitrogens with two attached hydrogens (primary N) is 2. The minimum Gasteiger partial charge on any atom is -0.480 e. The molecule has 11 heteroatoms. The Morgan fingerprint density at radius 1 is 1.00 bits per heavy atom. The minimum atomic E-state index is -1.30. The SMILES string of the molecule is CCC(C)C(NC(=O)CNC(=O)C(CC(N)=O)NC(=O)C(N)CC(C)C)C(=O)O. The second-order valence-electron chi connectivity index (χ2n) is 7.45. The molecule has 4 amide bonds. The van der Waals surface area contributed by atoms with Crippen LogP contribution in [-0.4, -0.2) is 59.4 Å². The molecule has 4 unspecified atom stereocenters. The van der Waals surface area contributed by atoms with E-state index in [4.69, 9.17) is 11.5 Å². The summed E-state index contributed by atoms with van der Waals surface area (Å²) in [5, 5.41) is 16.1. The highest BCUT2D eigenvalue weighted by atomic mass is 16.4. The fourth-order valence-corrected chi connectivity index (χ4v) is 2.50. The van der Waals surface area contributed by atoms with Gasteiger partial charge in [-0.2, -0.15) is 0 Å². The van der Waals surface area contributed by atoms with Crippen molar-refractivity contribution in [2.24, 2.45) is 23.3 Å². The third-order valence-corrected chi connectivity index (χ3v) is 4.32. The van der Waals surface area contributed by atoms with Gasteiger partial charge in [-0.25, -0.2) is 4.79 Å². The van der Waals surface area contributed by atoms with Gasteiger partial charge in [0.1, 0.15) is 12.1 Å². The normalized spacial score (nSPS) is 15.0. The first-order valence-electron chi connectivity index (χ1n) is 9.53. The Bertz CT molecular complexity index is 610. The van der Waals surface area contributed by atoms with Crippen molar-refractivity contribution >= 4 is 29.6 Å². The lowest BCUT2D eigenvalue weighted by Gasteiger charge is -2.22. The summed E-state index contributed by atoms with van der Waals surface area (Å²) in [7, 11) is 0. The number of carbonyl (C=O) groups is 5. The van der Waals surface area contributed by atoms with E-state index in [9.17, 15) is 29.1 Å². The molecule has 0 aliphatic rings. The summed E-state index contributed by atoms with van der Waals surface area (Å²) in [5.41, 5.74) is 10.9. The molecule has 29 heavy (non-hydrogen) atoms. The molecule has 0 radical (unpaired) electrons. The average molecular weight is 415 g/mol. The first kappa shape index (κ1) is 26.3. The summed E-state index contributed by atoms with van der Waals surface area (Å²) in [6.07, 6.45) is 0.441. The van der Waals surface area contributed by atoms with Gasteiger partial charge in [0.05, 0.1) is 19.0 Å². The topological polar surface area (TPSA) is 194 Å². The molecule has 0 spiro atoms. The maximum atomic E-state index is 12.3. The van der Waals surface area contributed by atoms with E-state index in [-0.39, 0.29) is 11.8 Å². The summed E-state index contributed by atoms with van der Waals surface area (Å²) in [6, 6.07) is -3.26. The zero-order chi connectivity index (χ0) is 22.7. The van der Waals surface area contributed by atoms with Gasteiger partial charge >= 0.3 is 5.97 Å². The fourth-order valence-electron chi connectivity index (χ4n) is 2.50. The largest absolute Gasteiger partial charge is 0.480 e. The number of hydrogen-bond donors (Lipinski definition) is 6. The number of rotatable bonds is 13. The smallest absolute Gasteiger partial charge is 0.326 e. The zero-order valence-electron chi connectivity index (χ0n) is 17.4. The van der Waals surface area contributed by atoms with Crippen LogP contribution in [-0.2, 0) is 24.0 Å². The molecule has 0 aromatic rings. The molecule has 0 aromatic heterocycles. The molecule has 0 bridgehead atoms. The van der Waals surface area contributed by atoms with Gasteiger partial charge in [-0.15, -0.1) is 0 Å². The summed E-state index contributed by atoms with van der Waals surface area (Å²) >= 11 is 0. The van der Waals surface area contributed by atoms with Gasteiger partial charge in [0.25, 0.3) is 0 Å². The lowest BCUT2D eigenvalue weighted by Crippen LogP contribution is -2.55. The van der Waals surface area contributed by atoms with Crippen molar-refractivity contribution in [3.63, 3.8) is 0 Å². The number of primary amides is 1. The van der Waals surface area contributed by atoms with Gasteiger partial charge in [-0.1, -0.05) is 34.1 Å². The lowest BCUT2D eigenvalue weighted by molar-refractivity contribution is -0.143. The van der Waals surface area contributed by atoms with E-state index in [2.05, 4.69) is 16.0 Å². The van der Waals surface area contributed by atoms with Gasteiger partial charge in [0.15, 0.2) is 0 Å². The van der Waals surface area contributed by atoms with Crippen LogP contribution in [0.25, 0.3) is 0 Å². The first-order chi connectivity index (χ1) is 13.4. The number of carboxylic acids is 1. The Labute approximate surface area is 170 Å². The Balaban J connectivity index is 4.89. The molecular formula is C18H33N5O6. The van der Waals surface area contributed by atoms with Crippen LogP contribution >= 0.6 is 0 Å². The van der Waals surface area contributed by atoms with Crippen LogP contribution in [0.15, 0.2) is 0 Å². The Morgan fingerprint density at radius 2 is 1.59 bits per heavy atom. The van der Waals surface area contributed by atoms with Crippen LogP contribution < -0.4 is 27.4 Å². The number of amides is 4. The maximum Gasteiger partial charge on any atom is 0.326 e. The third kappa shape index (κ3) is 10.4. The summed E-state index contributed by atoms with van der Waals surface area (Å²) in [5.74, 6) is -4.31. The first-order valence-corrected chi connectivity index (χ1v) is 9.53.